The van der Waals surface area contributed by atoms with Crippen molar-refractivity contribution >= 4 is 40.5 Å². The van der Waals surface area contributed by atoms with Crippen LogP contribution in [-0.2, 0) is 6.54 Å². The Balaban J connectivity index is 1.56. The molecule has 6 heteroatoms. The normalized spacial score (nSPS) is 10.8. The molecule has 37 heavy (non-hydrogen) atoms. The van der Waals surface area contributed by atoms with Crippen LogP contribution in [0.3, 0.4) is 0 Å². The van der Waals surface area contributed by atoms with Crippen LogP contribution in [0.5, 0.6) is 0 Å². The highest BCUT2D eigenvalue weighted by atomic mass is 32.2. The first kappa shape index (κ1) is 24.3. The minimum atomic E-state index is -0.937. The Bertz CT molecular complexity index is 1600. The molecule has 1 heterocycles. The smallest absolute Gasteiger partial charge is 0.335 e. The number of aromatic carboxylic acids is 1. The average molecular weight is 504 g/mol. The maximum Gasteiger partial charge on any atom is 0.335 e. The largest absolute Gasteiger partial charge is 0.478 e. The summed E-state index contributed by atoms with van der Waals surface area (Å²) in [5, 5.41) is 13.5. The summed E-state index contributed by atoms with van der Waals surface area (Å²) >= 11 is 1.68. The zero-order chi connectivity index (χ0) is 25.8. The van der Waals surface area contributed by atoms with Crippen LogP contribution in [0.4, 0.5) is 5.82 Å². The summed E-state index contributed by atoms with van der Waals surface area (Å²) in [6.45, 7) is 4.34. The van der Waals surface area contributed by atoms with Gasteiger partial charge in [-0.2, -0.15) is 0 Å². The summed E-state index contributed by atoms with van der Waals surface area (Å²) in [7, 11) is 0. The molecular formula is C31H25N3O2S. The summed E-state index contributed by atoms with van der Waals surface area (Å²) in [6, 6.07) is 29.5. The second-order valence-corrected chi connectivity index (χ2v) is 9.42. The maximum atomic E-state index is 11.2. The second-order valence-electron chi connectivity index (χ2n) is 8.54. The van der Waals surface area contributed by atoms with Crippen molar-refractivity contribution in [3.05, 3.63) is 114 Å². The molecule has 0 spiro atoms. The van der Waals surface area contributed by atoms with E-state index in [-0.39, 0.29) is 5.56 Å². The van der Waals surface area contributed by atoms with Crippen LogP contribution in [0.25, 0.3) is 39.5 Å². The van der Waals surface area contributed by atoms with Crippen molar-refractivity contribution in [2.24, 2.45) is 0 Å². The molecule has 5 nitrogen and oxygen atoms in total. The highest BCUT2D eigenvalue weighted by Crippen LogP contribution is 2.31. The number of benzene rings is 4. The molecule has 0 unspecified atom stereocenters. The van der Waals surface area contributed by atoms with E-state index in [1.807, 2.05) is 42.7 Å². The van der Waals surface area contributed by atoms with Crippen molar-refractivity contribution in [2.75, 3.05) is 11.6 Å². The molecule has 0 amide bonds. The summed E-state index contributed by atoms with van der Waals surface area (Å²) in [6.07, 6.45) is 3.88. The number of hydrogen-bond donors (Lipinski definition) is 2. The molecule has 0 bridgehead atoms. The van der Waals surface area contributed by atoms with Gasteiger partial charge < -0.3 is 10.4 Å². The van der Waals surface area contributed by atoms with Gasteiger partial charge in [0.05, 0.1) is 11.1 Å². The Morgan fingerprint density at radius 3 is 2.38 bits per heavy atom. The molecule has 0 aliphatic rings. The molecule has 0 radical (unpaired) electrons. The molecule has 4 aromatic carbocycles. The van der Waals surface area contributed by atoms with Crippen LogP contribution in [0, 0.1) is 0 Å². The molecule has 5 rings (SSSR count). The van der Waals surface area contributed by atoms with Crippen molar-refractivity contribution in [1.82, 2.24) is 9.97 Å². The van der Waals surface area contributed by atoms with Gasteiger partial charge in [0.15, 0.2) is 5.82 Å². The molecule has 0 saturated heterocycles. The Kier molecular flexibility index (Phi) is 7.01. The molecule has 2 N–H and O–H groups in total. The number of carbonyl (C=O) groups is 1. The minimum Gasteiger partial charge on any atom is -0.478 e. The average Bonchev–Trinajstić information content (AvgIpc) is 2.95. The van der Waals surface area contributed by atoms with Gasteiger partial charge in [-0.3, -0.25) is 0 Å². The number of fused-ring (bicyclic) bond motifs is 1. The molecule has 0 fully saturated rings. The van der Waals surface area contributed by atoms with Crippen LogP contribution in [0.2, 0.25) is 0 Å². The monoisotopic (exact) mass is 503 g/mol. The van der Waals surface area contributed by atoms with E-state index in [4.69, 9.17) is 9.97 Å². The quantitative estimate of drug-likeness (QED) is 0.212. The third kappa shape index (κ3) is 5.39. The lowest BCUT2D eigenvalue weighted by atomic mass is 10.0. The maximum absolute atomic E-state index is 11.2. The molecule has 0 atom stereocenters. The van der Waals surface area contributed by atoms with Crippen molar-refractivity contribution in [3.63, 3.8) is 0 Å². The molecular weight excluding hydrogens is 478 g/mol. The summed E-state index contributed by atoms with van der Waals surface area (Å²) in [4.78, 5) is 22.2. The number of hydrogen-bond acceptors (Lipinski definition) is 5. The molecule has 182 valence electrons. The summed E-state index contributed by atoms with van der Waals surface area (Å²) in [5.74, 6) is 0.435. The first-order chi connectivity index (χ1) is 18.0. The SMILES string of the molecule is C=Cc1ccc(-c2ccc3c(NCc4ccc(C(=O)O)cc4)nc(-c4cccc(SC)c4)nc3c2)cc1. The lowest BCUT2D eigenvalue weighted by Gasteiger charge is -2.13. The Morgan fingerprint density at radius 2 is 1.68 bits per heavy atom. The van der Waals surface area contributed by atoms with E-state index < -0.39 is 5.97 Å². The topological polar surface area (TPSA) is 75.1 Å². The standard InChI is InChI=1S/C31H25N3O2S/c1-3-20-7-11-22(12-8-20)24-15-16-27-28(18-24)33-29(25-5-4-6-26(17-25)37-2)34-30(27)32-19-21-9-13-23(14-10-21)31(35)36/h3-18H,1,19H2,2H3,(H,35,36)(H,32,33,34). The minimum absolute atomic E-state index is 0.265. The molecule has 0 aliphatic heterocycles. The Labute approximate surface area is 219 Å². The fraction of sp³-hybridized carbons (Fsp3) is 0.0645. The van der Waals surface area contributed by atoms with Gasteiger partial charge in [0.25, 0.3) is 0 Å². The van der Waals surface area contributed by atoms with Gasteiger partial charge in [-0.1, -0.05) is 67.3 Å². The third-order valence-corrected chi connectivity index (χ3v) is 6.89. The van der Waals surface area contributed by atoms with Crippen LogP contribution in [0.15, 0.2) is 102 Å². The first-order valence-corrected chi connectivity index (χ1v) is 13.0. The number of nitrogens with one attached hydrogen (secondary N) is 1. The zero-order valence-electron chi connectivity index (χ0n) is 20.3. The van der Waals surface area contributed by atoms with E-state index in [2.05, 4.69) is 60.4 Å². The van der Waals surface area contributed by atoms with Gasteiger partial charge in [0.1, 0.15) is 5.82 Å². The van der Waals surface area contributed by atoms with Gasteiger partial charge in [0.2, 0.25) is 0 Å². The molecule has 1 aromatic heterocycles. The molecule has 0 saturated carbocycles. The fourth-order valence-electron chi connectivity index (χ4n) is 4.10. The zero-order valence-corrected chi connectivity index (χ0v) is 21.1. The summed E-state index contributed by atoms with van der Waals surface area (Å²) in [5.41, 5.74) is 6.26. The fourth-order valence-corrected chi connectivity index (χ4v) is 4.56. The number of aromatic nitrogens is 2. The number of carboxylic acid groups (broad SMARTS) is 1. The highest BCUT2D eigenvalue weighted by Gasteiger charge is 2.12. The molecule has 5 aromatic rings. The van der Waals surface area contributed by atoms with Gasteiger partial charge in [0, 0.05) is 22.4 Å². The molecule has 0 aliphatic carbocycles. The van der Waals surface area contributed by atoms with Gasteiger partial charge in [-0.05, 0) is 64.9 Å². The van der Waals surface area contributed by atoms with Gasteiger partial charge >= 0.3 is 5.97 Å². The van der Waals surface area contributed by atoms with Crippen LogP contribution in [0.1, 0.15) is 21.5 Å². The Hall–Kier alpha value is -4.42. The summed E-state index contributed by atoms with van der Waals surface area (Å²) < 4.78 is 0. The highest BCUT2D eigenvalue weighted by molar-refractivity contribution is 7.98. The second kappa shape index (κ2) is 10.7. The van der Waals surface area contributed by atoms with Crippen molar-refractivity contribution < 1.29 is 9.90 Å². The van der Waals surface area contributed by atoms with Crippen LogP contribution < -0.4 is 5.32 Å². The van der Waals surface area contributed by atoms with E-state index in [1.165, 1.54) is 0 Å². The van der Waals surface area contributed by atoms with Crippen molar-refractivity contribution in [1.29, 1.82) is 0 Å². The number of anilines is 1. The predicted octanol–water partition coefficient (Wildman–Crippen LogP) is 7.64. The van der Waals surface area contributed by atoms with Crippen molar-refractivity contribution in [3.8, 4) is 22.5 Å². The van der Waals surface area contributed by atoms with Crippen molar-refractivity contribution in [2.45, 2.75) is 11.4 Å². The number of rotatable bonds is 8. The van der Waals surface area contributed by atoms with E-state index in [0.29, 0.717) is 12.4 Å². The van der Waals surface area contributed by atoms with Gasteiger partial charge in [-0.25, -0.2) is 14.8 Å². The van der Waals surface area contributed by atoms with Gasteiger partial charge in [-0.15, -0.1) is 11.8 Å². The number of nitrogens with zero attached hydrogens (tertiary/aromatic N) is 2. The van der Waals surface area contributed by atoms with E-state index in [1.54, 1.807) is 23.9 Å². The first-order valence-electron chi connectivity index (χ1n) is 11.8. The van der Waals surface area contributed by atoms with E-state index >= 15 is 0 Å². The number of carboxylic acids is 1. The number of thioether (sulfide) groups is 1. The van der Waals surface area contributed by atoms with Crippen LogP contribution in [-0.4, -0.2) is 27.3 Å². The van der Waals surface area contributed by atoms with E-state index in [0.717, 1.165) is 49.4 Å². The Morgan fingerprint density at radius 1 is 0.919 bits per heavy atom. The predicted molar refractivity (Wildman–Crippen MR) is 153 cm³/mol. The third-order valence-electron chi connectivity index (χ3n) is 6.17. The van der Waals surface area contributed by atoms with E-state index in [9.17, 15) is 9.90 Å². The van der Waals surface area contributed by atoms with Crippen LogP contribution >= 0.6 is 11.8 Å². The lowest BCUT2D eigenvalue weighted by molar-refractivity contribution is 0.0697. The lowest BCUT2D eigenvalue weighted by Crippen LogP contribution is -2.05.